The third-order valence-electron chi connectivity index (χ3n) is 7.41. The van der Waals surface area contributed by atoms with Crippen molar-refractivity contribution >= 4 is 42.8 Å². The zero-order valence-corrected chi connectivity index (χ0v) is 32.2. The zero-order chi connectivity index (χ0) is 36.6. The van der Waals surface area contributed by atoms with Crippen LogP contribution in [0.4, 0.5) is 0 Å². The molecule has 7 aromatic rings. The Morgan fingerprint density at radius 3 is 2.33 bits per heavy atom. The van der Waals surface area contributed by atoms with E-state index in [0.717, 1.165) is 54.3 Å². The molecule has 48 heavy (non-hydrogen) atoms. The molecule has 7 rings (SSSR count). The van der Waals surface area contributed by atoms with Crippen molar-refractivity contribution in [2.75, 3.05) is 0 Å². The van der Waals surface area contributed by atoms with Gasteiger partial charge in [-0.25, -0.2) is 0 Å². The van der Waals surface area contributed by atoms with Crippen LogP contribution in [0.3, 0.4) is 0 Å². The molecule has 0 saturated carbocycles. The van der Waals surface area contributed by atoms with Crippen LogP contribution in [0, 0.1) is 23.5 Å². The van der Waals surface area contributed by atoms with E-state index in [9.17, 15) is 0 Å². The molecule has 0 fully saturated rings. The van der Waals surface area contributed by atoms with E-state index >= 15 is 0 Å². The molecule has 0 saturated heterocycles. The van der Waals surface area contributed by atoms with Gasteiger partial charge in [0.15, 0.2) is 0 Å². The second-order valence-electron chi connectivity index (χ2n) is 12.8. The fourth-order valence-electron chi connectivity index (χ4n) is 5.40. The molecule has 0 aliphatic heterocycles. The Bertz CT molecular complexity index is 2300. The van der Waals surface area contributed by atoms with Gasteiger partial charge in [-0.2, -0.15) is 0 Å². The largest absolute Gasteiger partial charge is 0.501 e. The summed E-state index contributed by atoms with van der Waals surface area (Å²) >= 11 is 1.91. The Hall–Kier alpha value is -3.83. The summed E-state index contributed by atoms with van der Waals surface area (Å²) in [7, 11) is 0. The average molecular weight is 869 g/mol. The molecular weight excluding hydrogens is 825 g/mol. The predicted octanol–water partition coefficient (Wildman–Crippen LogP) is 10.2. The van der Waals surface area contributed by atoms with Gasteiger partial charge in [0.1, 0.15) is 5.58 Å². The monoisotopic (exact) mass is 870 g/mol. The summed E-state index contributed by atoms with van der Waals surface area (Å²) in [6, 6.07) is 39.8. The first kappa shape index (κ1) is 30.2. The van der Waals surface area contributed by atoms with Crippen LogP contribution in [-0.4, -0.2) is 26.5 Å². The van der Waals surface area contributed by atoms with Crippen LogP contribution in [0.25, 0.3) is 55.6 Å². The maximum absolute atomic E-state index is 8.45. The first-order chi connectivity index (χ1) is 24.2. The summed E-state index contributed by atoms with van der Waals surface area (Å²) in [5.74, 6) is -0.148. The van der Waals surface area contributed by atoms with Crippen molar-refractivity contribution in [3.8, 4) is 33.6 Å². The van der Waals surface area contributed by atoms with Crippen LogP contribution in [0.5, 0.6) is 0 Å². The maximum atomic E-state index is 8.45. The van der Waals surface area contributed by atoms with Crippen molar-refractivity contribution in [3.05, 3.63) is 139 Å². The summed E-state index contributed by atoms with van der Waals surface area (Å²) in [6.45, 7) is 9.52. The Morgan fingerprint density at radius 1 is 0.812 bits per heavy atom. The number of benzene rings is 4. The number of fused-ring (bicyclic) bond motifs is 3. The van der Waals surface area contributed by atoms with Gasteiger partial charge in [0.25, 0.3) is 0 Å². The van der Waals surface area contributed by atoms with E-state index in [2.05, 4.69) is 46.4 Å². The molecule has 0 aliphatic rings. The molecule has 4 radical (unpaired) electrons. The van der Waals surface area contributed by atoms with Crippen LogP contribution in [0.1, 0.15) is 51.2 Å². The molecule has 242 valence electrons. The van der Waals surface area contributed by atoms with E-state index in [0.29, 0.717) is 16.8 Å². The third kappa shape index (κ3) is 8.60. The molecule has 0 amide bonds. The SMILES string of the molecule is [2H]C([2H])(c1cc(-c2[c-]cccc2)nc[c]1[Ge])C(C)(C)C.[2H]C([2H])(c1ccnc(-c2[c-]ccc3c2oc2ccc(-c4ccccc4)cc23)c1)C(C)C.[Ir]. The Kier molecular flexibility index (Phi) is 9.83. The van der Waals surface area contributed by atoms with Crippen molar-refractivity contribution in [1.82, 2.24) is 9.97 Å². The Balaban J connectivity index is 0.000000217. The second kappa shape index (κ2) is 15.6. The van der Waals surface area contributed by atoms with Gasteiger partial charge >= 0.3 is 121 Å². The van der Waals surface area contributed by atoms with Gasteiger partial charge in [-0.05, 0) is 47.3 Å². The van der Waals surface area contributed by atoms with Gasteiger partial charge < -0.3 is 9.40 Å². The average Bonchev–Trinajstić information content (AvgIpc) is 3.50. The molecule has 0 spiro atoms. The Morgan fingerprint density at radius 2 is 1.60 bits per heavy atom. The van der Waals surface area contributed by atoms with Crippen molar-refractivity contribution < 1.29 is 30.0 Å². The minimum atomic E-state index is -1.44. The van der Waals surface area contributed by atoms with Crippen LogP contribution in [0.15, 0.2) is 120 Å². The van der Waals surface area contributed by atoms with Gasteiger partial charge in [-0.3, -0.25) is 0 Å². The second-order valence-corrected chi connectivity index (χ2v) is 13.9. The van der Waals surface area contributed by atoms with Gasteiger partial charge in [0.05, 0.1) is 5.58 Å². The fourth-order valence-corrected chi connectivity index (χ4v) is 5.81. The predicted molar refractivity (Wildman–Crippen MR) is 197 cm³/mol. The minimum absolute atomic E-state index is 0. The Labute approximate surface area is 312 Å². The van der Waals surface area contributed by atoms with E-state index < -0.39 is 18.2 Å². The normalized spacial score (nSPS) is 13.1. The third-order valence-corrected chi connectivity index (χ3v) is 8.24. The number of hydrogen-bond donors (Lipinski definition) is 0. The minimum Gasteiger partial charge on any atom is -0.501 e. The summed E-state index contributed by atoms with van der Waals surface area (Å²) in [6.07, 6.45) is 0.552. The van der Waals surface area contributed by atoms with Crippen molar-refractivity contribution in [2.24, 2.45) is 11.3 Å². The number of aromatic nitrogens is 2. The number of pyridine rings is 2. The topological polar surface area (TPSA) is 38.9 Å². The summed E-state index contributed by atoms with van der Waals surface area (Å²) in [5.41, 5.74) is 7.72. The fraction of sp³-hybridized carbons (Fsp3) is 0.209. The van der Waals surface area contributed by atoms with Gasteiger partial charge in [-0.15, -0.1) is 18.2 Å². The van der Waals surface area contributed by atoms with E-state index in [1.807, 2.05) is 124 Å². The number of nitrogens with zero attached hydrogens (tertiary/aromatic N) is 2. The molecular formula is C43H39GeIrN2O-2. The number of hydrogen-bond acceptors (Lipinski definition) is 3. The molecule has 0 unspecified atom stereocenters. The summed E-state index contributed by atoms with van der Waals surface area (Å²) < 4.78 is 40.9. The van der Waals surface area contributed by atoms with Crippen LogP contribution in [-0.2, 0) is 32.9 Å². The van der Waals surface area contributed by atoms with Crippen molar-refractivity contribution in [2.45, 2.75) is 47.4 Å². The molecule has 0 atom stereocenters. The van der Waals surface area contributed by atoms with Crippen LogP contribution in [0.2, 0.25) is 0 Å². The first-order valence-electron chi connectivity index (χ1n) is 17.8. The first-order valence-corrected chi connectivity index (χ1v) is 16.8. The number of rotatable bonds is 6. The van der Waals surface area contributed by atoms with Crippen LogP contribution >= 0.6 is 0 Å². The van der Waals surface area contributed by atoms with Gasteiger partial charge in [-0.1, -0.05) is 72.8 Å². The molecule has 0 N–H and O–H groups in total. The van der Waals surface area contributed by atoms with E-state index in [4.69, 9.17) is 9.90 Å². The van der Waals surface area contributed by atoms with Gasteiger partial charge in [0.2, 0.25) is 0 Å². The standard InChI is InChI=1S/C27H22NO.C16H17GeN.Ir/c1-18(2)15-19-13-14-28-25(16-19)23-10-6-9-22-24-17-21(20-7-4-3-5-8-20)11-12-26(24)29-27(22)23;1-16(2,3)10-13-9-15(18-11-14(13)17)12-7-5-4-6-8-12;/h3-9,11-14,16-18H,15H2,1-2H3;4-7,9,11H,10H2,1-3H3;/q2*-1;/i15D2;10D2;. The van der Waals surface area contributed by atoms with E-state index in [1.54, 1.807) is 18.5 Å². The summed E-state index contributed by atoms with van der Waals surface area (Å²) in [4.78, 5) is 8.92. The quantitative estimate of drug-likeness (QED) is 0.124. The van der Waals surface area contributed by atoms with E-state index in [1.165, 1.54) is 0 Å². The molecule has 3 aromatic heterocycles. The molecule has 0 bridgehead atoms. The van der Waals surface area contributed by atoms with Crippen LogP contribution < -0.4 is 4.40 Å². The summed E-state index contributed by atoms with van der Waals surface area (Å²) in [5, 5.41) is 2.04. The van der Waals surface area contributed by atoms with Crippen molar-refractivity contribution in [1.29, 1.82) is 0 Å². The van der Waals surface area contributed by atoms with Gasteiger partial charge in [0, 0.05) is 34.4 Å². The molecule has 5 heteroatoms. The zero-order valence-electron chi connectivity index (χ0n) is 31.7. The maximum Gasteiger partial charge on any atom is 0.120 e. The smallest absolute Gasteiger partial charge is 0.120 e. The number of furan rings is 1. The van der Waals surface area contributed by atoms with E-state index in [-0.39, 0.29) is 26.0 Å². The molecule has 4 aromatic carbocycles. The molecule has 0 aliphatic carbocycles. The molecule has 3 heterocycles. The van der Waals surface area contributed by atoms with Crippen molar-refractivity contribution in [3.63, 3.8) is 0 Å². The molecule has 3 nitrogen and oxygen atoms in total.